The van der Waals surface area contributed by atoms with E-state index in [1.165, 1.54) is 18.6 Å². The van der Waals surface area contributed by atoms with E-state index in [1.54, 1.807) is 6.07 Å². The number of rotatable bonds is 4. The highest BCUT2D eigenvalue weighted by molar-refractivity contribution is 6.30. The lowest BCUT2D eigenvalue weighted by Crippen LogP contribution is -2.41. The number of halogens is 2. The molecule has 0 aliphatic heterocycles. The van der Waals surface area contributed by atoms with Crippen LogP contribution in [0.2, 0.25) is 5.02 Å². The molecule has 5 heteroatoms. The van der Waals surface area contributed by atoms with Crippen LogP contribution in [0.1, 0.15) is 43.7 Å². The molecule has 0 saturated heterocycles. The zero-order valence-corrected chi connectivity index (χ0v) is 11.4. The molecule has 1 aliphatic carbocycles. The van der Waals surface area contributed by atoms with Gasteiger partial charge in [-0.15, -0.1) is 0 Å². The Hall–Kier alpha value is -1.13. The first-order valence-electron chi connectivity index (χ1n) is 6.58. The molecule has 0 spiro atoms. The summed E-state index contributed by atoms with van der Waals surface area (Å²) in [6, 6.07) is 3.72. The molecule has 1 aromatic carbocycles. The van der Waals surface area contributed by atoms with E-state index < -0.39 is 17.8 Å². The smallest absolute Gasteiger partial charge is 0.239 e. The fraction of sp³-hybridized carbons (Fsp3) is 0.500. The van der Waals surface area contributed by atoms with Gasteiger partial charge < -0.3 is 5.73 Å². The lowest BCUT2D eigenvalue weighted by atomic mass is 9.93. The second kappa shape index (κ2) is 6.35. The van der Waals surface area contributed by atoms with Crippen LogP contribution in [0.15, 0.2) is 18.2 Å². The van der Waals surface area contributed by atoms with Crippen molar-refractivity contribution in [2.75, 3.05) is 0 Å². The van der Waals surface area contributed by atoms with Gasteiger partial charge in [-0.1, -0.05) is 36.9 Å². The van der Waals surface area contributed by atoms with Gasteiger partial charge in [0.15, 0.2) is 0 Å². The molecule has 0 bridgehead atoms. The molecule has 1 atom stereocenters. The predicted octanol–water partition coefficient (Wildman–Crippen LogP) is 2.93. The number of carbonyl (C=O) groups is 1. The SMILES string of the molecule is NC(=O)C(NC1CCCCC1)c1ccc(Cl)cc1F. The van der Waals surface area contributed by atoms with E-state index in [-0.39, 0.29) is 11.6 Å². The molecule has 1 fully saturated rings. The van der Waals surface area contributed by atoms with Crippen molar-refractivity contribution in [1.82, 2.24) is 5.32 Å². The Morgan fingerprint density at radius 3 is 2.63 bits per heavy atom. The molecule has 0 heterocycles. The maximum atomic E-state index is 13.9. The Labute approximate surface area is 117 Å². The number of nitrogens with two attached hydrogens (primary N) is 1. The minimum absolute atomic E-state index is 0.223. The summed E-state index contributed by atoms with van der Waals surface area (Å²) in [5.74, 6) is -1.06. The zero-order chi connectivity index (χ0) is 13.8. The van der Waals surface area contributed by atoms with Crippen molar-refractivity contribution in [2.45, 2.75) is 44.2 Å². The molecule has 1 aliphatic rings. The van der Waals surface area contributed by atoms with Gasteiger partial charge in [-0.3, -0.25) is 10.1 Å². The number of nitrogens with one attached hydrogen (secondary N) is 1. The molecular weight excluding hydrogens is 267 g/mol. The minimum atomic E-state index is -0.791. The highest BCUT2D eigenvalue weighted by Crippen LogP contribution is 2.24. The Morgan fingerprint density at radius 1 is 1.37 bits per heavy atom. The van der Waals surface area contributed by atoms with Gasteiger partial charge in [0.25, 0.3) is 0 Å². The molecule has 2 rings (SSSR count). The van der Waals surface area contributed by atoms with E-state index in [1.807, 2.05) is 0 Å². The minimum Gasteiger partial charge on any atom is -0.368 e. The van der Waals surface area contributed by atoms with Gasteiger partial charge in [0.05, 0.1) is 0 Å². The molecule has 3 nitrogen and oxygen atoms in total. The van der Waals surface area contributed by atoms with E-state index in [0.717, 1.165) is 25.7 Å². The van der Waals surface area contributed by atoms with Gasteiger partial charge >= 0.3 is 0 Å². The molecule has 0 radical (unpaired) electrons. The van der Waals surface area contributed by atoms with Gasteiger partial charge in [0, 0.05) is 16.6 Å². The van der Waals surface area contributed by atoms with Crippen molar-refractivity contribution in [3.05, 3.63) is 34.6 Å². The topological polar surface area (TPSA) is 55.1 Å². The number of primary amides is 1. The van der Waals surface area contributed by atoms with Crippen LogP contribution in [0.3, 0.4) is 0 Å². The van der Waals surface area contributed by atoms with Gasteiger partial charge in [0.2, 0.25) is 5.91 Å². The number of hydrogen-bond acceptors (Lipinski definition) is 2. The lowest BCUT2D eigenvalue weighted by molar-refractivity contribution is -0.120. The second-order valence-electron chi connectivity index (χ2n) is 5.00. The van der Waals surface area contributed by atoms with Gasteiger partial charge in [-0.05, 0) is 25.0 Å². The summed E-state index contributed by atoms with van der Waals surface area (Å²) in [5.41, 5.74) is 5.66. The normalized spacial score (nSPS) is 18.2. The number of amides is 1. The van der Waals surface area contributed by atoms with Crippen LogP contribution in [-0.4, -0.2) is 11.9 Å². The molecule has 3 N–H and O–H groups in total. The van der Waals surface area contributed by atoms with Crippen LogP contribution in [0.4, 0.5) is 4.39 Å². The molecule has 19 heavy (non-hydrogen) atoms. The third-order valence-electron chi connectivity index (χ3n) is 3.57. The zero-order valence-electron chi connectivity index (χ0n) is 10.7. The third kappa shape index (κ3) is 3.67. The van der Waals surface area contributed by atoms with Crippen molar-refractivity contribution in [3.8, 4) is 0 Å². The molecule has 1 unspecified atom stereocenters. The number of carbonyl (C=O) groups excluding carboxylic acids is 1. The standard InChI is InChI=1S/C14H18ClFN2O/c15-9-6-7-11(12(16)8-9)13(14(17)19)18-10-4-2-1-3-5-10/h6-8,10,13,18H,1-5H2,(H2,17,19). The van der Waals surface area contributed by atoms with Gasteiger partial charge in [-0.25, -0.2) is 4.39 Å². The third-order valence-corrected chi connectivity index (χ3v) is 3.80. The first-order valence-corrected chi connectivity index (χ1v) is 6.96. The fourth-order valence-corrected chi connectivity index (χ4v) is 2.72. The highest BCUT2D eigenvalue weighted by Gasteiger charge is 2.25. The summed E-state index contributed by atoms with van der Waals surface area (Å²) >= 11 is 5.72. The van der Waals surface area contributed by atoms with Crippen LogP contribution in [0.25, 0.3) is 0 Å². The fourth-order valence-electron chi connectivity index (χ4n) is 2.57. The average molecular weight is 285 g/mol. The average Bonchev–Trinajstić information content (AvgIpc) is 2.38. The lowest BCUT2D eigenvalue weighted by Gasteiger charge is -2.27. The monoisotopic (exact) mass is 284 g/mol. The summed E-state index contributed by atoms with van der Waals surface area (Å²) < 4.78 is 13.9. The van der Waals surface area contributed by atoms with Gasteiger partial charge in [0.1, 0.15) is 11.9 Å². The Bertz CT molecular complexity index is 461. The molecule has 104 valence electrons. The molecular formula is C14H18ClFN2O. The van der Waals surface area contributed by atoms with Crippen LogP contribution in [-0.2, 0) is 4.79 Å². The van der Waals surface area contributed by atoms with E-state index in [2.05, 4.69) is 5.32 Å². The first kappa shape index (κ1) is 14.3. The van der Waals surface area contributed by atoms with Crippen molar-refractivity contribution in [2.24, 2.45) is 5.73 Å². The Morgan fingerprint density at radius 2 is 2.05 bits per heavy atom. The van der Waals surface area contributed by atoms with Crippen molar-refractivity contribution >= 4 is 17.5 Å². The van der Waals surface area contributed by atoms with E-state index in [0.29, 0.717) is 5.02 Å². The van der Waals surface area contributed by atoms with E-state index >= 15 is 0 Å². The molecule has 1 aromatic rings. The Kier molecular flexibility index (Phi) is 4.77. The quantitative estimate of drug-likeness (QED) is 0.893. The number of hydrogen-bond donors (Lipinski definition) is 2. The summed E-state index contributed by atoms with van der Waals surface area (Å²) in [7, 11) is 0. The summed E-state index contributed by atoms with van der Waals surface area (Å²) in [6.45, 7) is 0. The summed E-state index contributed by atoms with van der Waals surface area (Å²) in [5, 5.41) is 3.48. The van der Waals surface area contributed by atoms with Crippen LogP contribution < -0.4 is 11.1 Å². The van der Waals surface area contributed by atoms with E-state index in [9.17, 15) is 9.18 Å². The number of benzene rings is 1. The summed E-state index contributed by atoms with van der Waals surface area (Å²) in [6.07, 6.45) is 5.48. The second-order valence-corrected chi connectivity index (χ2v) is 5.44. The highest BCUT2D eigenvalue weighted by atomic mass is 35.5. The predicted molar refractivity (Wildman–Crippen MR) is 73.4 cm³/mol. The van der Waals surface area contributed by atoms with Gasteiger partial charge in [-0.2, -0.15) is 0 Å². The van der Waals surface area contributed by atoms with Crippen LogP contribution >= 0.6 is 11.6 Å². The summed E-state index contributed by atoms with van der Waals surface area (Å²) in [4.78, 5) is 11.6. The molecule has 1 saturated carbocycles. The van der Waals surface area contributed by atoms with Crippen molar-refractivity contribution < 1.29 is 9.18 Å². The largest absolute Gasteiger partial charge is 0.368 e. The Balaban J connectivity index is 2.17. The maximum absolute atomic E-state index is 13.9. The van der Waals surface area contributed by atoms with Crippen molar-refractivity contribution in [1.29, 1.82) is 0 Å². The van der Waals surface area contributed by atoms with Crippen molar-refractivity contribution in [3.63, 3.8) is 0 Å². The molecule has 0 aromatic heterocycles. The molecule has 1 amide bonds. The van der Waals surface area contributed by atoms with Crippen LogP contribution in [0.5, 0.6) is 0 Å². The maximum Gasteiger partial charge on any atom is 0.239 e. The van der Waals surface area contributed by atoms with E-state index in [4.69, 9.17) is 17.3 Å². The van der Waals surface area contributed by atoms with Crippen LogP contribution in [0, 0.1) is 5.82 Å². The first-order chi connectivity index (χ1) is 9.08.